The van der Waals surface area contributed by atoms with Gasteiger partial charge in [0.2, 0.25) is 11.8 Å². The van der Waals surface area contributed by atoms with Crippen molar-refractivity contribution in [1.29, 1.82) is 0 Å². The molecule has 0 saturated carbocycles. The summed E-state index contributed by atoms with van der Waals surface area (Å²) in [4.78, 5) is 22.2. The summed E-state index contributed by atoms with van der Waals surface area (Å²) in [7, 11) is 2.07. The predicted molar refractivity (Wildman–Crippen MR) is 87.2 cm³/mol. The summed E-state index contributed by atoms with van der Waals surface area (Å²) in [6.07, 6.45) is 2.12. The number of aliphatic hydroxyl groups is 1. The molecule has 1 aromatic heterocycles. The number of amides is 1. The molecular formula is C16H27N5O3. The van der Waals surface area contributed by atoms with Crippen molar-refractivity contribution < 1.29 is 14.4 Å². The fourth-order valence-corrected chi connectivity index (χ4v) is 3.60. The van der Waals surface area contributed by atoms with Gasteiger partial charge in [-0.2, -0.15) is 4.98 Å². The Morgan fingerprint density at radius 2 is 2.25 bits per heavy atom. The molecule has 2 atom stereocenters. The van der Waals surface area contributed by atoms with E-state index in [1.807, 2.05) is 0 Å². The van der Waals surface area contributed by atoms with Crippen LogP contribution in [0.1, 0.15) is 31.0 Å². The highest BCUT2D eigenvalue weighted by Crippen LogP contribution is 2.17. The second-order valence-corrected chi connectivity index (χ2v) is 6.94. The van der Waals surface area contributed by atoms with E-state index in [9.17, 15) is 9.90 Å². The number of likely N-dealkylation sites (N-methyl/N-ethyl adjacent to an activating group) is 1. The largest absolute Gasteiger partial charge is 0.390 e. The molecule has 3 rings (SSSR count). The minimum absolute atomic E-state index is 0.170. The Bertz CT molecular complexity index is 564. The molecule has 0 aliphatic carbocycles. The van der Waals surface area contributed by atoms with Crippen LogP contribution in [0, 0.1) is 6.92 Å². The lowest BCUT2D eigenvalue weighted by molar-refractivity contribution is -0.129. The van der Waals surface area contributed by atoms with Crippen LogP contribution in [0.2, 0.25) is 0 Å². The van der Waals surface area contributed by atoms with Crippen molar-refractivity contribution in [2.24, 2.45) is 0 Å². The molecule has 0 aromatic carbocycles. The molecule has 0 spiro atoms. The first-order valence-electron chi connectivity index (χ1n) is 8.69. The van der Waals surface area contributed by atoms with Crippen molar-refractivity contribution in [3.63, 3.8) is 0 Å². The topological polar surface area (TPSA) is 85.9 Å². The Balaban J connectivity index is 1.42. The van der Waals surface area contributed by atoms with Crippen molar-refractivity contribution in [1.82, 2.24) is 24.8 Å². The molecule has 2 fully saturated rings. The van der Waals surface area contributed by atoms with E-state index in [4.69, 9.17) is 4.52 Å². The predicted octanol–water partition coefficient (Wildman–Crippen LogP) is -0.133. The molecule has 1 N–H and O–H groups in total. The van der Waals surface area contributed by atoms with E-state index < -0.39 is 6.10 Å². The number of likely N-dealkylation sites (tertiary alicyclic amines) is 2. The summed E-state index contributed by atoms with van der Waals surface area (Å²) in [5.74, 6) is 1.47. The first-order valence-corrected chi connectivity index (χ1v) is 8.69. The van der Waals surface area contributed by atoms with Gasteiger partial charge < -0.3 is 14.5 Å². The Kier molecular flexibility index (Phi) is 5.47. The van der Waals surface area contributed by atoms with Crippen LogP contribution in [0.25, 0.3) is 0 Å². The molecule has 3 heterocycles. The third kappa shape index (κ3) is 4.31. The fourth-order valence-electron chi connectivity index (χ4n) is 3.60. The molecule has 24 heavy (non-hydrogen) atoms. The molecule has 134 valence electrons. The minimum Gasteiger partial charge on any atom is -0.390 e. The smallest absolute Gasteiger partial charge is 0.223 e. The van der Waals surface area contributed by atoms with E-state index in [1.165, 1.54) is 0 Å². The van der Waals surface area contributed by atoms with Gasteiger partial charge in [0.05, 0.1) is 12.6 Å². The summed E-state index contributed by atoms with van der Waals surface area (Å²) in [5.41, 5.74) is 0. The van der Waals surface area contributed by atoms with E-state index in [2.05, 4.69) is 27.0 Å². The average Bonchev–Trinajstić information content (AvgIpc) is 3.23. The van der Waals surface area contributed by atoms with Crippen molar-refractivity contribution in [3.8, 4) is 0 Å². The van der Waals surface area contributed by atoms with E-state index in [1.54, 1.807) is 11.8 Å². The van der Waals surface area contributed by atoms with Crippen LogP contribution in [0.5, 0.6) is 0 Å². The van der Waals surface area contributed by atoms with Crippen LogP contribution in [0.3, 0.4) is 0 Å². The van der Waals surface area contributed by atoms with Gasteiger partial charge in [-0.05, 0) is 26.4 Å². The van der Waals surface area contributed by atoms with Gasteiger partial charge in [0, 0.05) is 45.6 Å². The van der Waals surface area contributed by atoms with E-state index in [0.717, 1.165) is 32.5 Å². The normalized spacial score (nSPS) is 23.6. The van der Waals surface area contributed by atoms with Crippen LogP contribution in [0.15, 0.2) is 4.52 Å². The lowest BCUT2D eigenvalue weighted by Gasteiger charge is -2.26. The van der Waals surface area contributed by atoms with Gasteiger partial charge in [-0.15, -0.1) is 0 Å². The standard InChI is InChI=1S/C16H27N5O3/c1-12-17-15(18-24-12)11-19(2)13-5-7-20(8-13)9-14(22)10-21-6-3-4-16(21)23/h13-14,22H,3-11H2,1-2H3/t13-,14-/m1/s1. The number of carbonyl (C=O) groups excluding carboxylic acids is 1. The molecule has 0 unspecified atom stereocenters. The van der Waals surface area contributed by atoms with Crippen LogP contribution in [0.4, 0.5) is 0 Å². The molecule has 8 nitrogen and oxygen atoms in total. The minimum atomic E-state index is -0.476. The molecule has 2 saturated heterocycles. The van der Waals surface area contributed by atoms with Crippen molar-refractivity contribution in [2.75, 3.05) is 39.8 Å². The van der Waals surface area contributed by atoms with Gasteiger partial charge >= 0.3 is 0 Å². The maximum atomic E-state index is 11.6. The van der Waals surface area contributed by atoms with Crippen molar-refractivity contribution in [2.45, 2.75) is 44.9 Å². The first kappa shape index (κ1) is 17.3. The highest BCUT2D eigenvalue weighted by Gasteiger charge is 2.29. The highest BCUT2D eigenvalue weighted by molar-refractivity contribution is 5.78. The SMILES string of the molecule is Cc1nc(CN(C)[C@@H]2CCN(C[C@@H](O)CN3CCCC3=O)C2)no1. The molecule has 8 heteroatoms. The van der Waals surface area contributed by atoms with Gasteiger partial charge in [-0.25, -0.2) is 0 Å². The maximum Gasteiger partial charge on any atom is 0.223 e. The number of hydrogen-bond acceptors (Lipinski definition) is 7. The number of aryl methyl sites for hydroxylation is 1. The Morgan fingerprint density at radius 3 is 2.92 bits per heavy atom. The van der Waals surface area contributed by atoms with Crippen molar-refractivity contribution >= 4 is 5.91 Å². The molecule has 0 radical (unpaired) electrons. The van der Waals surface area contributed by atoms with Crippen LogP contribution in [-0.4, -0.2) is 87.8 Å². The lowest BCUT2D eigenvalue weighted by Crippen LogP contribution is -2.41. The van der Waals surface area contributed by atoms with Gasteiger partial charge in [0.15, 0.2) is 5.82 Å². The molecule has 1 aromatic rings. The number of carbonyl (C=O) groups is 1. The number of nitrogens with zero attached hydrogens (tertiary/aromatic N) is 5. The highest BCUT2D eigenvalue weighted by atomic mass is 16.5. The zero-order chi connectivity index (χ0) is 17.1. The van der Waals surface area contributed by atoms with Gasteiger partial charge in [-0.1, -0.05) is 5.16 Å². The van der Waals surface area contributed by atoms with Gasteiger partial charge in [0.25, 0.3) is 0 Å². The quantitative estimate of drug-likeness (QED) is 0.741. The van der Waals surface area contributed by atoms with Crippen LogP contribution >= 0.6 is 0 Å². The summed E-state index contributed by atoms with van der Waals surface area (Å²) in [5, 5.41) is 14.2. The molecule has 0 bridgehead atoms. The first-order chi connectivity index (χ1) is 11.5. The average molecular weight is 337 g/mol. The Hall–Kier alpha value is -1.51. The summed E-state index contributed by atoms with van der Waals surface area (Å²) in [6.45, 7) is 6.20. The Labute approximate surface area is 142 Å². The number of hydrogen-bond donors (Lipinski definition) is 1. The second kappa shape index (κ2) is 7.58. The number of aliphatic hydroxyl groups excluding tert-OH is 1. The maximum absolute atomic E-state index is 11.6. The van der Waals surface area contributed by atoms with Gasteiger partial charge in [-0.3, -0.25) is 14.6 Å². The number of aromatic nitrogens is 2. The zero-order valence-electron chi connectivity index (χ0n) is 14.5. The third-order valence-electron chi connectivity index (χ3n) is 4.90. The third-order valence-corrected chi connectivity index (χ3v) is 4.90. The second-order valence-electron chi connectivity index (χ2n) is 6.94. The van der Waals surface area contributed by atoms with Crippen LogP contribution < -0.4 is 0 Å². The Morgan fingerprint density at radius 1 is 1.42 bits per heavy atom. The monoisotopic (exact) mass is 337 g/mol. The van der Waals surface area contributed by atoms with E-state index in [0.29, 0.717) is 43.8 Å². The molecule has 2 aliphatic heterocycles. The summed E-state index contributed by atoms with van der Waals surface area (Å²) < 4.78 is 5.01. The van der Waals surface area contributed by atoms with E-state index in [-0.39, 0.29) is 5.91 Å². The number of rotatable bonds is 7. The fraction of sp³-hybridized carbons (Fsp3) is 0.812. The van der Waals surface area contributed by atoms with Crippen LogP contribution in [-0.2, 0) is 11.3 Å². The molecule has 1 amide bonds. The zero-order valence-corrected chi connectivity index (χ0v) is 14.5. The van der Waals surface area contributed by atoms with E-state index >= 15 is 0 Å². The van der Waals surface area contributed by atoms with Gasteiger partial charge in [0.1, 0.15) is 0 Å². The summed E-state index contributed by atoms with van der Waals surface area (Å²) >= 11 is 0. The number of β-amino-alcohol motifs (C(OH)–C–C–N with tert-alkyl or cyclic N) is 1. The molecular weight excluding hydrogens is 310 g/mol. The molecule has 2 aliphatic rings. The lowest BCUT2D eigenvalue weighted by atomic mass is 10.2. The van der Waals surface area contributed by atoms with Crippen molar-refractivity contribution in [3.05, 3.63) is 11.7 Å². The summed E-state index contributed by atoms with van der Waals surface area (Å²) in [6, 6.07) is 0.421.